The molecule has 0 aromatic heterocycles. The number of rotatable bonds is 5. The van der Waals surface area contributed by atoms with E-state index < -0.39 is 23.8 Å². The maximum atomic E-state index is 12.2. The Bertz CT molecular complexity index is 902. The molecule has 0 radical (unpaired) electrons. The van der Waals surface area contributed by atoms with E-state index in [-0.39, 0.29) is 0 Å². The van der Waals surface area contributed by atoms with Gasteiger partial charge in [-0.1, -0.05) is 66.7 Å². The lowest BCUT2D eigenvalue weighted by Gasteiger charge is -2.29. The first kappa shape index (κ1) is 15.7. The van der Waals surface area contributed by atoms with Crippen molar-refractivity contribution in [1.29, 1.82) is 0 Å². The first-order valence-electron chi connectivity index (χ1n) is 7.54. The summed E-state index contributed by atoms with van der Waals surface area (Å²) < 4.78 is 0. The largest absolute Gasteiger partial charge is 0.481 e. The topological polar surface area (TPSA) is 74.6 Å². The number of hydrogen-bond acceptors (Lipinski definition) is 2. The summed E-state index contributed by atoms with van der Waals surface area (Å²) in [4.78, 5) is 23.7. The minimum Gasteiger partial charge on any atom is -0.481 e. The number of fused-ring (bicyclic) bond motifs is 1. The Morgan fingerprint density at radius 3 is 2.00 bits per heavy atom. The smallest absolute Gasteiger partial charge is 0.319 e. The molecule has 3 rings (SSSR count). The zero-order valence-electron chi connectivity index (χ0n) is 12.8. The van der Waals surface area contributed by atoms with E-state index in [1.54, 1.807) is 42.5 Å². The number of aliphatic carboxylic acids is 2. The van der Waals surface area contributed by atoms with Crippen LogP contribution in [0.25, 0.3) is 10.8 Å². The summed E-state index contributed by atoms with van der Waals surface area (Å²) in [5.41, 5.74) is -0.714. The first-order chi connectivity index (χ1) is 11.5. The highest BCUT2D eigenvalue weighted by atomic mass is 16.4. The van der Waals surface area contributed by atoms with Crippen LogP contribution >= 0.6 is 0 Å². The van der Waals surface area contributed by atoms with Gasteiger partial charge in [-0.05, 0) is 28.0 Å². The van der Waals surface area contributed by atoms with Gasteiger partial charge in [-0.15, -0.1) is 0 Å². The molecule has 24 heavy (non-hydrogen) atoms. The Kier molecular flexibility index (Phi) is 4.04. The van der Waals surface area contributed by atoms with Crippen molar-refractivity contribution in [1.82, 2.24) is 0 Å². The van der Waals surface area contributed by atoms with E-state index in [0.29, 0.717) is 11.1 Å². The van der Waals surface area contributed by atoms with Crippen molar-refractivity contribution < 1.29 is 19.8 Å². The highest BCUT2D eigenvalue weighted by Crippen LogP contribution is 2.37. The van der Waals surface area contributed by atoms with Gasteiger partial charge in [0.15, 0.2) is 0 Å². The number of carboxylic acid groups (broad SMARTS) is 2. The molecule has 3 aromatic carbocycles. The van der Waals surface area contributed by atoms with Crippen molar-refractivity contribution in [3.63, 3.8) is 0 Å². The molecule has 4 nitrogen and oxygen atoms in total. The van der Waals surface area contributed by atoms with Crippen LogP contribution < -0.4 is 0 Å². The molecule has 0 aliphatic carbocycles. The van der Waals surface area contributed by atoms with Gasteiger partial charge >= 0.3 is 11.9 Å². The fourth-order valence-corrected chi connectivity index (χ4v) is 3.10. The van der Waals surface area contributed by atoms with Crippen LogP contribution in [0.1, 0.15) is 17.5 Å². The molecule has 0 heterocycles. The van der Waals surface area contributed by atoms with E-state index in [4.69, 9.17) is 0 Å². The molecule has 120 valence electrons. The molecule has 0 saturated heterocycles. The van der Waals surface area contributed by atoms with E-state index in [9.17, 15) is 19.8 Å². The molecule has 0 aliphatic rings. The molecule has 1 atom stereocenters. The van der Waals surface area contributed by atoms with Crippen molar-refractivity contribution in [2.45, 2.75) is 11.8 Å². The second kappa shape index (κ2) is 6.16. The van der Waals surface area contributed by atoms with Gasteiger partial charge in [0.25, 0.3) is 0 Å². The molecule has 0 spiro atoms. The van der Waals surface area contributed by atoms with E-state index in [1.807, 2.05) is 30.3 Å². The van der Waals surface area contributed by atoms with Gasteiger partial charge in [-0.2, -0.15) is 0 Å². The SMILES string of the molecule is O=C(O)CC(C(=O)O)(c1ccccc1)c1ccc2ccccc2c1. The molecule has 1 unspecified atom stereocenters. The second-order valence-electron chi connectivity index (χ2n) is 5.71. The second-order valence-corrected chi connectivity index (χ2v) is 5.71. The average molecular weight is 320 g/mol. The fraction of sp³-hybridized carbons (Fsp3) is 0.100. The van der Waals surface area contributed by atoms with Crippen LogP contribution in [0.5, 0.6) is 0 Å². The zero-order chi connectivity index (χ0) is 17.2. The first-order valence-corrected chi connectivity index (χ1v) is 7.54. The third-order valence-electron chi connectivity index (χ3n) is 4.29. The van der Waals surface area contributed by atoms with Crippen LogP contribution in [0.2, 0.25) is 0 Å². The predicted molar refractivity (Wildman–Crippen MR) is 91.1 cm³/mol. The van der Waals surface area contributed by atoms with Crippen molar-refractivity contribution in [2.75, 3.05) is 0 Å². The molecule has 4 heteroatoms. The third kappa shape index (κ3) is 2.63. The van der Waals surface area contributed by atoms with Crippen LogP contribution in [0.4, 0.5) is 0 Å². The normalized spacial score (nSPS) is 13.3. The number of carbonyl (C=O) groups is 2. The summed E-state index contributed by atoms with van der Waals surface area (Å²) in [5, 5.41) is 21.2. The van der Waals surface area contributed by atoms with Gasteiger partial charge in [0.1, 0.15) is 5.41 Å². The maximum Gasteiger partial charge on any atom is 0.319 e. The number of carboxylic acids is 2. The molecule has 0 aliphatic heterocycles. The average Bonchev–Trinajstić information content (AvgIpc) is 2.59. The summed E-state index contributed by atoms with van der Waals surface area (Å²) in [6, 6.07) is 21.4. The Balaban J connectivity index is 2.29. The van der Waals surface area contributed by atoms with Crippen molar-refractivity contribution in [3.05, 3.63) is 83.9 Å². The van der Waals surface area contributed by atoms with Crippen molar-refractivity contribution >= 4 is 22.7 Å². The maximum absolute atomic E-state index is 12.2. The lowest BCUT2D eigenvalue weighted by atomic mass is 9.71. The molecule has 0 bridgehead atoms. The number of benzene rings is 3. The summed E-state index contributed by atoms with van der Waals surface area (Å²) in [5.74, 6) is -2.33. The molecule has 0 amide bonds. The van der Waals surface area contributed by atoms with Crippen LogP contribution in [-0.2, 0) is 15.0 Å². The predicted octanol–water partition coefficient (Wildman–Crippen LogP) is 3.69. The van der Waals surface area contributed by atoms with Gasteiger partial charge in [0.05, 0.1) is 6.42 Å². The lowest BCUT2D eigenvalue weighted by molar-refractivity contribution is -0.148. The highest BCUT2D eigenvalue weighted by molar-refractivity contribution is 5.93. The van der Waals surface area contributed by atoms with Gasteiger partial charge in [0.2, 0.25) is 0 Å². The van der Waals surface area contributed by atoms with E-state index >= 15 is 0 Å². The van der Waals surface area contributed by atoms with Crippen molar-refractivity contribution in [2.24, 2.45) is 0 Å². The van der Waals surface area contributed by atoms with Crippen LogP contribution in [0.3, 0.4) is 0 Å². The molecule has 2 N–H and O–H groups in total. The standard InChI is InChI=1S/C20H16O4/c21-18(22)13-20(19(23)24,16-8-2-1-3-9-16)17-11-10-14-6-4-5-7-15(14)12-17/h1-12H,13H2,(H,21,22)(H,23,24). The number of hydrogen-bond donors (Lipinski definition) is 2. The summed E-state index contributed by atoms with van der Waals surface area (Å²) in [6.45, 7) is 0. The lowest BCUT2D eigenvalue weighted by Crippen LogP contribution is -2.39. The van der Waals surface area contributed by atoms with Gasteiger partial charge < -0.3 is 10.2 Å². The van der Waals surface area contributed by atoms with Crippen molar-refractivity contribution in [3.8, 4) is 0 Å². The minimum absolute atomic E-state index is 0.454. The minimum atomic E-state index is -1.63. The van der Waals surface area contributed by atoms with E-state index in [2.05, 4.69) is 0 Å². The molecule has 0 saturated carbocycles. The Labute approximate surface area is 139 Å². The third-order valence-corrected chi connectivity index (χ3v) is 4.29. The van der Waals surface area contributed by atoms with E-state index in [1.165, 1.54) is 0 Å². The molecule has 0 fully saturated rings. The molecular formula is C20H16O4. The Morgan fingerprint density at radius 2 is 1.38 bits per heavy atom. The molecule has 3 aromatic rings. The zero-order valence-corrected chi connectivity index (χ0v) is 12.8. The summed E-state index contributed by atoms with van der Waals surface area (Å²) in [6.07, 6.45) is -0.523. The van der Waals surface area contributed by atoms with Gasteiger partial charge in [-0.3, -0.25) is 9.59 Å². The van der Waals surface area contributed by atoms with Crippen LogP contribution in [-0.4, -0.2) is 22.2 Å². The van der Waals surface area contributed by atoms with Gasteiger partial charge in [0, 0.05) is 0 Å². The van der Waals surface area contributed by atoms with Crippen LogP contribution in [0.15, 0.2) is 72.8 Å². The van der Waals surface area contributed by atoms with E-state index in [0.717, 1.165) is 10.8 Å². The fourth-order valence-electron chi connectivity index (χ4n) is 3.10. The Morgan fingerprint density at radius 1 is 0.750 bits per heavy atom. The van der Waals surface area contributed by atoms with Crippen LogP contribution in [0, 0.1) is 0 Å². The monoisotopic (exact) mass is 320 g/mol. The highest BCUT2D eigenvalue weighted by Gasteiger charge is 2.44. The van der Waals surface area contributed by atoms with Gasteiger partial charge in [-0.25, -0.2) is 0 Å². The molecular weight excluding hydrogens is 304 g/mol. The Hall–Kier alpha value is -3.14. The quantitative estimate of drug-likeness (QED) is 0.752. The summed E-state index contributed by atoms with van der Waals surface area (Å²) >= 11 is 0. The summed E-state index contributed by atoms with van der Waals surface area (Å²) in [7, 11) is 0.